The van der Waals surface area contributed by atoms with Gasteiger partial charge in [0.05, 0.1) is 12.2 Å². The van der Waals surface area contributed by atoms with Crippen LogP contribution in [0, 0.1) is 11.3 Å². The lowest BCUT2D eigenvalue weighted by Gasteiger charge is -2.07. The third-order valence-corrected chi connectivity index (χ3v) is 2.48. The molecule has 0 aromatic heterocycles. The Labute approximate surface area is 87.9 Å². The molecular formula is C12H23NO. The van der Waals surface area contributed by atoms with E-state index in [1.807, 2.05) is 0 Å². The van der Waals surface area contributed by atoms with Crippen LogP contribution in [0.4, 0.5) is 0 Å². The molecule has 0 heterocycles. The average molecular weight is 197 g/mol. The fraction of sp³-hybridized carbons (Fsp3) is 0.917. The molecule has 0 spiro atoms. The standard InChI is InChI=1S/C12H23NO/c1-2-3-4-5-6-7-9-12(14)10-8-11-13/h12,14H,2-10H2,1H3/t12-/m1/s1. The molecule has 2 nitrogen and oxygen atoms in total. The first-order valence-electron chi connectivity index (χ1n) is 5.86. The molecule has 0 saturated carbocycles. The van der Waals surface area contributed by atoms with Gasteiger partial charge in [0.15, 0.2) is 0 Å². The Morgan fingerprint density at radius 2 is 1.71 bits per heavy atom. The fourth-order valence-electron chi connectivity index (χ4n) is 1.54. The van der Waals surface area contributed by atoms with Crippen molar-refractivity contribution >= 4 is 0 Å². The lowest BCUT2D eigenvalue weighted by atomic mass is 10.0. The molecule has 1 atom stereocenters. The molecule has 0 saturated heterocycles. The summed E-state index contributed by atoms with van der Waals surface area (Å²) in [6.45, 7) is 2.21. The van der Waals surface area contributed by atoms with Crippen molar-refractivity contribution in [3.05, 3.63) is 0 Å². The van der Waals surface area contributed by atoms with Crippen LogP contribution in [0.3, 0.4) is 0 Å². The summed E-state index contributed by atoms with van der Waals surface area (Å²) in [6.07, 6.45) is 9.31. The van der Waals surface area contributed by atoms with Gasteiger partial charge in [-0.15, -0.1) is 0 Å². The zero-order valence-electron chi connectivity index (χ0n) is 9.34. The molecule has 0 amide bonds. The van der Waals surface area contributed by atoms with Crippen LogP contribution in [0.1, 0.15) is 64.7 Å². The van der Waals surface area contributed by atoms with Crippen molar-refractivity contribution in [2.75, 3.05) is 0 Å². The number of aliphatic hydroxyl groups excluding tert-OH is 1. The molecule has 0 fully saturated rings. The Morgan fingerprint density at radius 1 is 1.07 bits per heavy atom. The second-order valence-electron chi connectivity index (χ2n) is 3.91. The van der Waals surface area contributed by atoms with Crippen molar-refractivity contribution in [2.24, 2.45) is 0 Å². The van der Waals surface area contributed by atoms with E-state index in [4.69, 9.17) is 5.26 Å². The maximum atomic E-state index is 9.43. The first-order chi connectivity index (χ1) is 6.81. The van der Waals surface area contributed by atoms with Crippen molar-refractivity contribution < 1.29 is 5.11 Å². The third kappa shape index (κ3) is 9.54. The predicted octanol–water partition coefficient (Wildman–Crippen LogP) is 3.40. The van der Waals surface area contributed by atoms with Gasteiger partial charge in [0.2, 0.25) is 0 Å². The van der Waals surface area contributed by atoms with E-state index in [1.165, 1.54) is 32.1 Å². The zero-order valence-corrected chi connectivity index (χ0v) is 9.34. The minimum Gasteiger partial charge on any atom is -0.393 e. The minimum absolute atomic E-state index is 0.249. The summed E-state index contributed by atoms with van der Waals surface area (Å²) >= 11 is 0. The first-order valence-corrected chi connectivity index (χ1v) is 5.86. The first kappa shape index (κ1) is 13.4. The summed E-state index contributed by atoms with van der Waals surface area (Å²) in [5, 5.41) is 17.8. The topological polar surface area (TPSA) is 44.0 Å². The number of hydrogen-bond acceptors (Lipinski definition) is 2. The number of rotatable bonds is 9. The van der Waals surface area contributed by atoms with Crippen LogP contribution in [-0.4, -0.2) is 11.2 Å². The Kier molecular flexibility index (Phi) is 10.1. The highest BCUT2D eigenvalue weighted by atomic mass is 16.3. The molecule has 0 radical (unpaired) electrons. The van der Waals surface area contributed by atoms with Crippen molar-refractivity contribution in [3.63, 3.8) is 0 Å². The molecule has 0 aromatic rings. The van der Waals surface area contributed by atoms with Crippen LogP contribution in [0.5, 0.6) is 0 Å². The Hall–Kier alpha value is -0.550. The Morgan fingerprint density at radius 3 is 2.36 bits per heavy atom. The molecule has 0 aliphatic carbocycles. The van der Waals surface area contributed by atoms with Crippen LogP contribution < -0.4 is 0 Å². The monoisotopic (exact) mass is 197 g/mol. The maximum absolute atomic E-state index is 9.43. The van der Waals surface area contributed by atoms with E-state index in [1.54, 1.807) is 0 Å². The molecule has 0 rings (SSSR count). The second kappa shape index (κ2) is 10.5. The molecule has 14 heavy (non-hydrogen) atoms. The summed E-state index contributed by atoms with van der Waals surface area (Å²) in [4.78, 5) is 0. The normalized spacial score (nSPS) is 12.4. The lowest BCUT2D eigenvalue weighted by molar-refractivity contribution is 0.152. The van der Waals surface area contributed by atoms with Gasteiger partial charge in [-0.1, -0.05) is 45.4 Å². The highest BCUT2D eigenvalue weighted by molar-refractivity contribution is 4.71. The summed E-state index contributed by atoms with van der Waals surface area (Å²) in [7, 11) is 0. The fourth-order valence-corrected chi connectivity index (χ4v) is 1.54. The number of nitriles is 1. The number of aliphatic hydroxyl groups is 1. The molecule has 0 unspecified atom stereocenters. The van der Waals surface area contributed by atoms with Gasteiger partial charge in [-0.3, -0.25) is 0 Å². The quantitative estimate of drug-likeness (QED) is 0.576. The van der Waals surface area contributed by atoms with Crippen LogP contribution >= 0.6 is 0 Å². The van der Waals surface area contributed by atoms with E-state index in [0.29, 0.717) is 12.8 Å². The molecule has 1 N–H and O–H groups in total. The summed E-state index contributed by atoms with van der Waals surface area (Å²) in [6, 6.07) is 2.06. The zero-order chi connectivity index (χ0) is 10.6. The van der Waals surface area contributed by atoms with Gasteiger partial charge < -0.3 is 5.11 Å². The van der Waals surface area contributed by atoms with Crippen molar-refractivity contribution in [3.8, 4) is 6.07 Å². The van der Waals surface area contributed by atoms with Gasteiger partial charge in [-0.2, -0.15) is 5.26 Å². The van der Waals surface area contributed by atoms with E-state index < -0.39 is 0 Å². The van der Waals surface area contributed by atoms with Crippen LogP contribution in [0.2, 0.25) is 0 Å². The van der Waals surface area contributed by atoms with Crippen LogP contribution in [0.25, 0.3) is 0 Å². The van der Waals surface area contributed by atoms with E-state index >= 15 is 0 Å². The van der Waals surface area contributed by atoms with Crippen LogP contribution in [0.15, 0.2) is 0 Å². The van der Waals surface area contributed by atoms with E-state index in [9.17, 15) is 5.11 Å². The highest BCUT2D eigenvalue weighted by Gasteiger charge is 2.02. The van der Waals surface area contributed by atoms with Crippen LogP contribution in [-0.2, 0) is 0 Å². The minimum atomic E-state index is -0.249. The van der Waals surface area contributed by atoms with Crippen molar-refractivity contribution in [1.82, 2.24) is 0 Å². The number of unbranched alkanes of at least 4 members (excludes halogenated alkanes) is 5. The van der Waals surface area contributed by atoms with Gasteiger partial charge in [-0.05, 0) is 12.8 Å². The lowest BCUT2D eigenvalue weighted by Crippen LogP contribution is -2.05. The number of nitrogens with zero attached hydrogens (tertiary/aromatic N) is 1. The summed E-state index contributed by atoms with van der Waals surface area (Å²) in [5.41, 5.74) is 0. The number of hydrogen-bond donors (Lipinski definition) is 1. The summed E-state index contributed by atoms with van der Waals surface area (Å²) in [5.74, 6) is 0. The predicted molar refractivity (Wildman–Crippen MR) is 58.8 cm³/mol. The van der Waals surface area contributed by atoms with Gasteiger partial charge in [0.25, 0.3) is 0 Å². The largest absolute Gasteiger partial charge is 0.393 e. The van der Waals surface area contributed by atoms with Gasteiger partial charge in [0.1, 0.15) is 0 Å². The van der Waals surface area contributed by atoms with Gasteiger partial charge >= 0.3 is 0 Å². The molecule has 82 valence electrons. The highest BCUT2D eigenvalue weighted by Crippen LogP contribution is 2.10. The molecule has 2 heteroatoms. The SMILES string of the molecule is CCCCCCCC[C@@H](O)CCC#N. The molecule has 0 aliphatic heterocycles. The van der Waals surface area contributed by atoms with Crippen molar-refractivity contribution in [2.45, 2.75) is 70.8 Å². The summed E-state index contributed by atoms with van der Waals surface area (Å²) < 4.78 is 0. The Balaban J connectivity index is 3.07. The third-order valence-electron chi connectivity index (χ3n) is 2.48. The smallest absolute Gasteiger partial charge is 0.0622 e. The van der Waals surface area contributed by atoms with Crippen molar-refractivity contribution in [1.29, 1.82) is 5.26 Å². The van der Waals surface area contributed by atoms with Gasteiger partial charge in [0, 0.05) is 6.42 Å². The van der Waals surface area contributed by atoms with E-state index in [2.05, 4.69) is 13.0 Å². The maximum Gasteiger partial charge on any atom is 0.0622 e. The Bertz CT molecular complexity index is 151. The van der Waals surface area contributed by atoms with Gasteiger partial charge in [-0.25, -0.2) is 0 Å². The van der Waals surface area contributed by atoms with E-state index in [-0.39, 0.29) is 6.10 Å². The molecule has 0 aliphatic rings. The van der Waals surface area contributed by atoms with E-state index in [0.717, 1.165) is 12.8 Å². The second-order valence-corrected chi connectivity index (χ2v) is 3.91. The average Bonchev–Trinajstić information content (AvgIpc) is 2.20. The molecular weight excluding hydrogens is 174 g/mol. The molecule has 0 bridgehead atoms. The molecule has 0 aromatic carbocycles.